The van der Waals surface area contributed by atoms with Crippen molar-refractivity contribution in [1.29, 1.82) is 0 Å². The molecule has 1 rings (SSSR count). The van der Waals surface area contributed by atoms with Crippen LogP contribution in [0.1, 0.15) is 32.2 Å². The van der Waals surface area contributed by atoms with Crippen LogP contribution in [-0.4, -0.2) is 22.8 Å². The quantitative estimate of drug-likeness (QED) is 0.735. The molecule has 0 radical (unpaired) electrons. The molecule has 0 aliphatic heterocycles. The highest BCUT2D eigenvalue weighted by Gasteiger charge is 2.05. The molecule has 1 aromatic heterocycles. The summed E-state index contributed by atoms with van der Waals surface area (Å²) in [6.45, 7) is 7.90. The Morgan fingerprint density at radius 2 is 2.21 bits per heavy atom. The van der Waals surface area contributed by atoms with Crippen molar-refractivity contribution >= 4 is 11.3 Å². The van der Waals surface area contributed by atoms with E-state index in [-0.39, 0.29) is 6.10 Å². The average Bonchev–Trinajstić information content (AvgIpc) is 2.52. The maximum atomic E-state index is 5.42. The molecule has 0 amide bonds. The molecule has 4 nitrogen and oxygen atoms in total. The summed E-state index contributed by atoms with van der Waals surface area (Å²) in [5, 5.41) is 12.9. The monoisotopic (exact) mass is 215 g/mol. The lowest BCUT2D eigenvalue weighted by molar-refractivity contribution is 0.239. The van der Waals surface area contributed by atoms with E-state index in [1.165, 1.54) is 11.3 Å². The van der Waals surface area contributed by atoms with Gasteiger partial charge in [-0.3, -0.25) is 0 Å². The number of hydrogen-bond acceptors (Lipinski definition) is 5. The van der Waals surface area contributed by atoms with Gasteiger partial charge in [0, 0.05) is 6.54 Å². The maximum absolute atomic E-state index is 5.42. The zero-order chi connectivity index (χ0) is 10.4. The molecule has 1 N–H and O–H groups in total. The lowest BCUT2D eigenvalue weighted by Crippen LogP contribution is -2.13. The molecule has 0 aliphatic carbocycles. The third kappa shape index (κ3) is 4.02. The highest BCUT2D eigenvalue weighted by atomic mass is 32.1. The second-order valence-electron chi connectivity index (χ2n) is 3.31. The largest absolute Gasteiger partial charge is 0.466 e. The Morgan fingerprint density at radius 3 is 2.86 bits per heavy atom. The van der Waals surface area contributed by atoms with Gasteiger partial charge in [-0.05, 0) is 26.8 Å². The molecular weight excluding hydrogens is 198 g/mol. The zero-order valence-electron chi connectivity index (χ0n) is 8.91. The van der Waals surface area contributed by atoms with Gasteiger partial charge in [0.1, 0.15) is 5.01 Å². The number of aromatic nitrogens is 2. The van der Waals surface area contributed by atoms with Crippen LogP contribution in [0, 0.1) is 0 Å². The van der Waals surface area contributed by atoms with E-state index >= 15 is 0 Å². The molecule has 0 aliphatic rings. The lowest BCUT2D eigenvalue weighted by Gasteiger charge is -2.02. The first kappa shape index (κ1) is 11.4. The summed E-state index contributed by atoms with van der Waals surface area (Å²) in [5.41, 5.74) is 0. The van der Waals surface area contributed by atoms with E-state index in [0.29, 0.717) is 5.19 Å². The molecule has 0 aromatic carbocycles. The van der Waals surface area contributed by atoms with Crippen molar-refractivity contribution in [3.63, 3.8) is 0 Å². The average molecular weight is 215 g/mol. The van der Waals surface area contributed by atoms with Crippen molar-refractivity contribution in [1.82, 2.24) is 15.5 Å². The molecule has 0 saturated heterocycles. The van der Waals surface area contributed by atoms with Crippen molar-refractivity contribution in [3.05, 3.63) is 5.01 Å². The molecule has 1 aromatic rings. The number of ether oxygens (including phenoxy) is 1. The molecular formula is C9H17N3OS. The third-order valence-electron chi connectivity index (χ3n) is 1.49. The van der Waals surface area contributed by atoms with Gasteiger partial charge in [-0.2, -0.15) is 0 Å². The highest BCUT2D eigenvalue weighted by molar-refractivity contribution is 7.13. The summed E-state index contributed by atoms with van der Waals surface area (Å²) >= 11 is 1.50. The van der Waals surface area contributed by atoms with Crippen LogP contribution in [0.2, 0.25) is 0 Å². The van der Waals surface area contributed by atoms with Crippen LogP contribution >= 0.6 is 11.3 Å². The third-order valence-corrected chi connectivity index (χ3v) is 2.30. The number of nitrogens with one attached hydrogen (secondary N) is 1. The van der Waals surface area contributed by atoms with Gasteiger partial charge in [-0.25, -0.2) is 0 Å². The van der Waals surface area contributed by atoms with E-state index in [9.17, 15) is 0 Å². The summed E-state index contributed by atoms with van der Waals surface area (Å²) in [6.07, 6.45) is 1.30. The summed E-state index contributed by atoms with van der Waals surface area (Å²) < 4.78 is 5.42. The van der Waals surface area contributed by atoms with Crippen molar-refractivity contribution in [2.45, 2.75) is 39.8 Å². The topological polar surface area (TPSA) is 47.0 Å². The van der Waals surface area contributed by atoms with Gasteiger partial charge in [-0.15, -0.1) is 5.10 Å². The fourth-order valence-electron chi connectivity index (χ4n) is 0.931. The van der Waals surface area contributed by atoms with Crippen LogP contribution in [0.3, 0.4) is 0 Å². The SMILES string of the molecule is CCCNCc1nnc(OC(C)C)s1. The van der Waals surface area contributed by atoms with Gasteiger partial charge < -0.3 is 10.1 Å². The Hall–Kier alpha value is -0.680. The molecule has 0 bridgehead atoms. The van der Waals surface area contributed by atoms with Gasteiger partial charge in [0.05, 0.1) is 6.10 Å². The van der Waals surface area contributed by atoms with Crippen LogP contribution in [0.5, 0.6) is 5.19 Å². The van der Waals surface area contributed by atoms with Crippen LogP contribution in [0.15, 0.2) is 0 Å². The first-order chi connectivity index (χ1) is 6.72. The van der Waals surface area contributed by atoms with Crippen LogP contribution in [0.4, 0.5) is 0 Å². The Bertz CT molecular complexity index is 262. The van der Waals surface area contributed by atoms with Gasteiger partial charge in [-0.1, -0.05) is 23.4 Å². The van der Waals surface area contributed by atoms with Crippen molar-refractivity contribution in [3.8, 4) is 5.19 Å². The Kier molecular flexibility index (Phi) is 4.82. The van der Waals surface area contributed by atoms with Gasteiger partial charge in [0.15, 0.2) is 0 Å². The minimum atomic E-state index is 0.166. The standard InChI is InChI=1S/C9H17N3OS/c1-4-5-10-6-8-11-12-9(14-8)13-7(2)3/h7,10H,4-6H2,1-3H3. The summed E-state index contributed by atoms with van der Waals surface area (Å²) in [6, 6.07) is 0. The molecule has 14 heavy (non-hydrogen) atoms. The first-order valence-corrected chi connectivity index (χ1v) is 5.73. The van der Waals surface area contributed by atoms with E-state index < -0.39 is 0 Å². The van der Waals surface area contributed by atoms with E-state index in [4.69, 9.17) is 4.74 Å². The van der Waals surface area contributed by atoms with Gasteiger partial charge >= 0.3 is 0 Å². The molecule has 0 fully saturated rings. The smallest absolute Gasteiger partial charge is 0.294 e. The number of hydrogen-bond donors (Lipinski definition) is 1. The minimum absolute atomic E-state index is 0.166. The van der Waals surface area contributed by atoms with E-state index in [1.807, 2.05) is 13.8 Å². The van der Waals surface area contributed by atoms with Gasteiger partial charge in [0.25, 0.3) is 5.19 Å². The summed E-state index contributed by atoms with van der Waals surface area (Å²) in [7, 11) is 0. The van der Waals surface area contributed by atoms with Crippen LogP contribution in [0.25, 0.3) is 0 Å². The van der Waals surface area contributed by atoms with E-state index in [0.717, 1.165) is 24.5 Å². The normalized spacial score (nSPS) is 10.9. The summed E-state index contributed by atoms with van der Waals surface area (Å²) in [5.74, 6) is 0. The molecule has 1 heterocycles. The maximum Gasteiger partial charge on any atom is 0.294 e. The van der Waals surface area contributed by atoms with Crippen molar-refractivity contribution in [2.75, 3.05) is 6.54 Å². The van der Waals surface area contributed by atoms with Gasteiger partial charge in [0.2, 0.25) is 0 Å². The lowest BCUT2D eigenvalue weighted by atomic mass is 10.5. The van der Waals surface area contributed by atoms with Crippen LogP contribution in [-0.2, 0) is 6.54 Å². The fraction of sp³-hybridized carbons (Fsp3) is 0.778. The molecule has 0 atom stereocenters. The van der Waals surface area contributed by atoms with Crippen molar-refractivity contribution < 1.29 is 4.74 Å². The second kappa shape index (κ2) is 5.93. The molecule has 80 valence electrons. The Balaban J connectivity index is 2.35. The second-order valence-corrected chi connectivity index (χ2v) is 4.33. The number of rotatable bonds is 6. The fourth-order valence-corrected chi connectivity index (χ4v) is 1.71. The first-order valence-electron chi connectivity index (χ1n) is 4.92. The summed E-state index contributed by atoms with van der Waals surface area (Å²) in [4.78, 5) is 0. The molecule has 5 heteroatoms. The molecule has 0 unspecified atom stereocenters. The predicted octanol–water partition coefficient (Wildman–Crippen LogP) is 1.82. The Morgan fingerprint density at radius 1 is 1.43 bits per heavy atom. The van der Waals surface area contributed by atoms with Crippen LogP contribution < -0.4 is 10.1 Å². The molecule has 0 spiro atoms. The highest BCUT2D eigenvalue weighted by Crippen LogP contribution is 2.18. The number of nitrogens with zero attached hydrogens (tertiary/aromatic N) is 2. The van der Waals surface area contributed by atoms with E-state index in [1.54, 1.807) is 0 Å². The molecule has 0 saturated carbocycles. The Labute approximate surface area is 88.7 Å². The predicted molar refractivity (Wildman–Crippen MR) is 57.7 cm³/mol. The van der Waals surface area contributed by atoms with E-state index in [2.05, 4.69) is 22.4 Å². The zero-order valence-corrected chi connectivity index (χ0v) is 9.73. The minimum Gasteiger partial charge on any atom is -0.466 e. The van der Waals surface area contributed by atoms with Crippen molar-refractivity contribution in [2.24, 2.45) is 0 Å².